The second kappa shape index (κ2) is 6.35. The standard InChI is InChI=1S/C14H30O2Si/c1-11(2)14(3,4)12-9-7-8-10-13(12)17(15-5)16-6/h11-13,17H,7-10H2,1-6H3. The highest BCUT2D eigenvalue weighted by atomic mass is 28.3. The van der Waals surface area contributed by atoms with Crippen LogP contribution in [0.2, 0.25) is 5.54 Å². The fraction of sp³-hybridized carbons (Fsp3) is 1.00. The zero-order valence-corrected chi connectivity index (χ0v) is 13.6. The molecule has 0 saturated heterocycles. The highest BCUT2D eigenvalue weighted by Crippen LogP contribution is 2.50. The van der Waals surface area contributed by atoms with Gasteiger partial charge in [-0.1, -0.05) is 40.5 Å². The van der Waals surface area contributed by atoms with E-state index in [-0.39, 0.29) is 0 Å². The van der Waals surface area contributed by atoms with Gasteiger partial charge in [-0.2, -0.15) is 0 Å². The summed E-state index contributed by atoms with van der Waals surface area (Å²) in [6, 6.07) is 0. The third-order valence-corrected chi connectivity index (χ3v) is 7.50. The Labute approximate surface area is 109 Å². The molecule has 2 nitrogen and oxygen atoms in total. The molecule has 17 heavy (non-hydrogen) atoms. The maximum absolute atomic E-state index is 5.66. The molecule has 2 atom stereocenters. The van der Waals surface area contributed by atoms with E-state index in [0.717, 1.165) is 11.8 Å². The normalized spacial score (nSPS) is 26.8. The van der Waals surface area contributed by atoms with E-state index < -0.39 is 9.28 Å². The van der Waals surface area contributed by atoms with Crippen molar-refractivity contribution in [2.75, 3.05) is 14.2 Å². The molecule has 3 heteroatoms. The summed E-state index contributed by atoms with van der Waals surface area (Å²) in [5.41, 5.74) is 1.09. The van der Waals surface area contributed by atoms with Gasteiger partial charge >= 0.3 is 9.28 Å². The number of hydrogen-bond donors (Lipinski definition) is 0. The second-order valence-corrected chi connectivity index (χ2v) is 8.91. The minimum Gasteiger partial charge on any atom is -0.400 e. The molecule has 0 aliphatic heterocycles. The van der Waals surface area contributed by atoms with E-state index in [4.69, 9.17) is 8.85 Å². The molecular formula is C14H30O2Si. The van der Waals surface area contributed by atoms with Crippen molar-refractivity contribution in [1.82, 2.24) is 0 Å². The maximum Gasteiger partial charge on any atom is 0.324 e. The molecule has 2 unspecified atom stereocenters. The van der Waals surface area contributed by atoms with Gasteiger partial charge in [0.2, 0.25) is 0 Å². The Hall–Kier alpha value is 0.137. The molecule has 0 N–H and O–H groups in total. The largest absolute Gasteiger partial charge is 0.400 e. The summed E-state index contributed by atoms with van der Waals surface area (Å²) in [6.45, 7) is 9.55. The fourth-order valence-corrected chi connectivity index (χ4v) is 5.75. The molecule has 0 spiro atoms. The first-order valence-electron chi connectivity index (χ1n) is 7.00. The zero-order valence-electron chi connectivity index (χ0n) is 12.5. The lowest BCUT2D eigenvalue weighted by atomic mass is 9.65. The van der Waals surface area contributed by atoms with Crippen LogP contribution < -0.4 is 0 Å². The minimum atomic E-state index is -1.47. The summed E-state index contributed by atoms with van der Waals surface area (Å²) < 4.78 is 11.3. The van der Waals surface area contributed by atoms with Crippen LogP contribution >= 0.6 is 0 Å². The van der Waals surface area contributed by atoms with Crippen LogP contribution in [0.3, 0.4) is 0 Å². The van der Waals surface area contributed by atoms with Crippen molar-refractivity contribution in [3.63, 3.8) is 0 Å². The molecule has 1 aliphatic rings. The Morgan fingerprint density at radius 3 is 2.06 bits per heavy atom. The summed E-state index contributed by atoms with van der Waals surface area (Å²) in [4.78, 5) is 0. The van der Waals surface area contributed by atoms with Crippen LogP contribution in [0.15, 0.2) is 0 Å². The van der Waals surface area contributed by atoms with E-state index in [2.05, 4.69) is 27.7 Å². The first-order valence-corrected chi connectivity index (χ1v) is 8.61. The van der Waals surface area contributed by atoms with Crippen molar-refractivity contribution in [2.45, 2.75) is 58.9 Å². The van der Waals surface area contributed by atoms with Crippen molar-refractivity contribution in [3.8, 4) is 0 Å². The van der Waals surface area contributed by atoms with Gasteiger partial charge in [-0.25, -0.2) is 0 Å². The first kappa shape index (κ1) is 15.2. The molecule has 1 aliphatic carbocycles. The molecule has 0 radical (unpaired) electrons. The van der Waals surface area contributed by atoms with Gasteiger partial charge in [-0.05, 0) is 30.1 Å². The molecule has 102 valence electrons. The van der Waals surface area contributed by atoms with Gasteiger partial charge < -0.3 is 8.85 Å². The van der Waals surface area contributed by atoms with E-state index in [1.165, 1.54) is 25.7 Å². The monoisotopic (exact) mass is 258 g/mol. The van der Waals surface area contributed by atoms with E-state index >= 15 is 0 Å². The van der Waals surface area contributed by atoms with Crippen LogP contribution in [-0.4, -0.2) is 23.5 Å². The van der Waals surface area contributed by atoms with Gasteiger partial charge in [0, 0.05) is 19.8 Å². The Kier molecular flexibility index (Phi) is 5.67. The lowest BCUT2D eigenvalue weighted by molar-refractivity contribution is 0.0856. The Morgan fingerprint density at radius 1 is 1.06 bits per heavy atom. The van der Waals surface area contributed by atoms with Crippen molar-refractivity contribution < 1.29 is 8.85 Å². The van der Waals surface area contributed by atoms with E-state index in [0.29, 0.717) is 11.0 Å². The molecule has 0 heterocycles. The smallest absolute Gasteiger partial charge is 0.324 e. The lowest BCUT2D eigenvalue weighted by Crippen LogP contribution is -2.41. The van der Waals surface area contributed by atoms with Crippen LogP contribution in [-0.2, 0) is 8.85 Å². The molecule has 0 aromatic heterocycles. The average molecular weight is 258 g/mol. The number of rotatable bonds is 5. The van der Waals surface area contributed by atoms with Crippen LogP contribution in [0, 0.1) is 17.3 Å². The summed E-state index contributed by atoms with van der Waals surface area (Å²) in [5.74, 6) is 1.49. The van der Waals surface area contributed by atoms with Gasteiger partial charge in [0.05, 0.1) is 0 Å². The van der Waals surface area contributed by atoms with E-state index in [1.807, 2.05) is 14.2 Å². The summed E-state index contributed by atoms with van der Waals surface area (Å²) in [6.07, 6.45) is 5.39. The highest BCUT2D eigenvalue weighted by Gasteiger charge is 2.43. The molecule has 0 aromatic carbocycles. The molecule has 1 fully saturated rings. The number of hydrogen-bond acceptors (Lipinski definition) is 2. The Morgan fingerprint density at radius 2 is 1.59 bits per heavy atom. The SMILES string of the molecule is CO[SiH](OC)C1CCCCC1C(C)(C)C(C)C. The van der Waals surface area contributed by atoms with Crippen molar-refractivity contribution in [2.24, 2.45) is 17.3 Å². The second-order valence-electron chi connectivity index (χ2n) is 6.37. The molecular weight excluding hydrogens is 228 g/mol. The van der Waals surface area contributed by atoms with Crippen LogP contribution in [0.4, 0.5) is 0 Å². The molecule has 0 bridgehead atoms. The van der Waals surface area contributed by atoms with Crippen LogP contribution in [0.1, 0.15) is 53.4 Å². The zero-order chi connectivity index (χ0) is 13.1. The third-order valence-electron chi connectivity index (χ3n) is 5.08. The predicted octanol–water partition coefficient (Wildman–Crippen LogP) is 3.74. The molecule has 1 rings (SSSR count). The van der Waals surface area contributed by atoms with E-state index in [1.54, 1.807) is 0 Å². The van der Waals surface area contributed by atoms with Crippen molar-refractivity contribution >= 4 is 9.28 Å². The molecule has 1 saturated carbocycles. The summed E-state index contributed by atoms with van der Waals surface area (Å²) >= 11 is 0. The van der Waals surface area contributed by atoms with Gasteiger partial charge in [0.15, 0.2) is 0 Å². The van der Waals surface area contributed by atoms with Crippen molar-refractivity contribution in [1.29, 1.82) is 0 Å². The summed E-state index contributed by atoms with van der Waals surface area (Å²) in [5, 5.41) is 0. The lowest BCUT2D eigenvalue weighted by Gasteiger charge is -2.46. The predicted molar refractivity (Wildman–Crippen MR) is 75.5 cm³/mol. The van der Waals surface area contributed by atoms with E-state index in [9.17, 15) is 0 Å². The fourth-order valence-electron chi connectivity index (χ4n) is 3.28. The quantitative estimate of drug-likeness (QED) is 0.699. The van der Waals surface area contributed by atoms with Crippen LogP contribution in [0.5, 0.6) is 0 Å². The van der Waals surface area contributed by atoms with Gasteiger partial charge in [-0.3, -0.25) is 0 Å². The minimum absolute atomic E-state index is 0.396. The highest BCUT2D eigenvalue weighted by molar-refractivity contribution is 6.46. The molecule has 0 amide bonds. The van der Waals surface area contributed by atoms with Gasteiger partial charge in [0.25, 0.3) is 0 Å². The molecule has 0 aromatic rings. The first-order chi connectivity index (χ1) is 7.95. The average Bonchev–Trinajstić information content (AvgIpc) is 2.31. The van der Waals surface area contributed by atoms with Crippen molar-refractivity contribution in [3.05, 3.63) is 0 Å². The third kappa shape index (κ3) is 3.33. The van der Waals surface area contributed by atoms with Gasteiger partial charge in [-0.15, -0.1) is 0 Å². The van der Waals surface area contributed by atoms with Crippen LogP contribution in [0.25, 0.3) is 0 Å². The topological polar surface area (TPSA) is 18.5 Å². The summed E-state index contributed by atoms with van der Waals surface area (Å²) in [7, 11) is 2.18. The van der Waals surface area contributed by atoms with Gasteiger partial charge in [0.1, 0.15) is 0 Å². The maximum atomic E-state index is 5.66. The Balaban J connectivity index is 2.85. The Bertz CT molecular complexity index is 224.